The van der Waals surface area contributed by atoms with Gasteiger partial charge < -0.3 is 9.80 Å². The minimum absolute atomic E-state index is 0.143. The third-order valence-corrected chi connectivity index (χ3v) is 6.09. The van der Waals surface area contributed by atoms with Crippen molar-refractivity contribution in [2.45, 2.75) is 31.7 Å². The lowest BCUT2D eigenvalue weighted by Crippen LogP contribution is -2.59. The van der Waals surface area contributed by atoms with Crippen molar-refractivity contribution in [2.75, 3.05) is 23.4 Å². The van der Waals surface area contributed by atoms with Gasteiger partial charge in [0.2, 0.25) is 0 Å². The van der Waals surface area contributed by atoms with Crippen LogP contribution in [0.4, 0.5) is 11.5 Å². The van der Waals surface area contributed by atoms with Gasteiger partial charge in [0.25, 0.3) is 5.91 Å². The predicted octanol–water partition coefficient (Wildman–Crippen LogP) is 3.26. The summed E-state index contributed by atoms with van der Waals surface area (Å²) in [5.74, 6) is 1.60. The van der Waals surface area contributed by atoms with Gasteiger partial charge in [0.15, 0.2) is 11.6 Å². The average Bonchev–Trinajstić information content (AvgIpc) is 3.40. The van der Waals surface area contributed by atoms with Gasteiger partial charge in [0, 0.05) is 19.2 Å². The fourth-order valence-corrected chi connectivity index (χ4v) is 4.56. The first-order valence-corrected chi connectivity index (χ1v) is 9.68. The minimum atomic E-state index is -0.480. The topological polar surface area (TPSA) is 78.0 Å². The first-order valence-electron chi connectivity index (χ1n) is 9.68. The molecule has 7 nitrogen and oxygen atoms in total. The summed E-state index contributed by atoms with van der Waals surface area (Å²) in [6, 6.07) is 10.0. The number of likely N-dealkylation sites (N-methyl/N-ethyl adjacent to an activating group) is 1. The molecule has 1 N–H and O–H groups in total. The number of benzene rings is 1. The zero-order valence-corrected chi connectivity index (χ0v) is 16.0. The van der Waals surface area contributed by atoms with Crippen molar-refractivity contribution in [2.24, 2.45) is 0 Å². The van der Waals surface area contributed by atoms with Gasteiger partial charge in [-0.3, -0.25) is 9.89 Å². The van der Waals surface area contributed by atoms with Crippen molar-refractivity contribution >= 4 is 17.4 Å². The molecule has 1 amide bonds. The number of H-pyrrole nitrogens is 1. The standard InChI is InChI=1S/C21H22N6O/c1-3-21-10-7-11-27(21)19-16(26(2)20(21)28)13-22-18(24-19)15-12-23-25-17(15)14-8-5-4-6-9-14/h4-6,8-9,12-13H,3,7,10-11H2,1-2H3,(H,23,25)/t21-/m0/s1. The molecule has 0 bridgehead atoms. The maximum atomic E-state index is 13.1. The first kappa shape index (κ1) is 16.9. The molecular formula is C21H22N6O. The Morgan fingerprint density at radius 1 is 1.21 bits per heavy atom. The molecule has 2 aromatic heterocycles. The Morgan fingerprint density at radius 2 is 2.04 bits per heavy atom. The maximum Gasteiger partial charge on any atom is 0.252 e. The Morgan fingerprint density at radius 3 is 2.82 bits per heavy atom. The fraction of sp³-hybridized carbons (Fsp3) is 0.333. The highest BCUT2D eigenvalue weighted by molar-refractivity contribution is 6.07. The van der Waals surface area contributed by atoms with Gasteiger partial charge in [-0.1, -0.05) is 37.3 Å². The van der Waals surface area contributed by atoms with Crippen LogP contribution in [0.15, 0.2) is 42.7 Å². The van der Waals surface area contributed by atoms with Crippen molar-refractivity contribution in [1.82, 2.24) is 20.2 Å². The molecule has 1 fully saturated rings. The van der Waals surface area contributed by atoms with Crippen molar-refractivity contribution in [3.8, 4) is 22.6 Å². The smallest absolute Gasteiger partial charge is 0.252 e. The molecule has 142 valence electrons. The second-order valence-corrected chi connectivity index (χ2v) is 7.43. The quantitative estimate of drug-likeness (QED) is 0.761. The van der Waals surface area contributed by atoms with E-state index in [9.17, 15) is 4.79 Å². The Bertz CT molecular complexity index is 1050. The second-order valence-electron chi connectivity index (χ2n) is 7.43. The molecule has 28 heavy (non-hydrogen) atoms. The summed E-state index contributed by atoms with van der Waals surface area (Å²) < 4.78 is 0. The molecule has 1 aromatic carbocycles. The van der Waals surface area contributed by atoms with Crippen LogP contribution in [0.1, 0.15) is 26.2 Å². The van der Waals surface area contributed by atoms with Crippen LogP contribution in [0.25, 0.3) is 22.6 Å². The third kappa shape index (κ3) is 2.22. The Hall–Kier alpha value is -3.22. The summed E-state index contributed by atoms with van der Waals surface area (Å²) in [5.41, 5.74) is 3.07. The fourth-order valence-electron chi connectivity index (χ4n) is 4.56. The van der Waals surface area contributed by atoms with Crippen LogP contribution in [0.5, 0.6) is 0 Å². The van der Waals surface area contributed by atoms with Crippen LogP contribution in [0.2, 0.25) is 0 Å². The second kappa shape index (κ2) is 6.15. The summed E-state index contributed by atoms with van der Waals surface area (Å²) in [4.78, 5) is 26.5. The number of nitrogens with one attached hydrogen (secondary N) is 1. The van der Waals surface area contributed by atoms with Gasteiger partial charge in [0.1, 0.15) is 11.2 Å². The van der Waals surface area contributed by atoms with Gasteiger partial charge in [-0.15, -0.1) is 0 Å². The maximum absolute atomic E-state index is 13.1. The van der Waals surface area contributed by atoms with Crippen LogP contribution < -0.4 is 9.80 Å². The van der Waals surface area contributed by atoms with E-state index in [0.717, 1.165) is 54.1 Å². The van der Waals surface area contributed by atoms with Crippen LogP contribution in [-0.2, 0) is 4.79 Å². The molecule has 3 aromatic rings. The highest BCUT2D eigenvalue weighted by Gasteiger charge is 2.52. The number of nitrogens with zero attached hydrogens (tertiary/aromatic N) is 5. The van der Waals surface area contributed by atoms with E-state index in [-0.39, 0.29) is 5.91 Å². The summed E-state index contributed by atoms with van der Waals surface area (Å²) in [6.07, 6.45) is 6.16. The van der Waals surface area contributed by atoms with E-state index in [2.05, 4.69) is 27.0 Å². The van der Waals surface area contributed by atoms with E-state index in [1.165, 1.54) is 0 Å². The molecule has 1 atom stereocenters. The van der Waals surface area contributed by atoms with E-state index < -0.39 is 5.54 Å². The number of aromatic amines is 1. The van der Waals surface area contributed by atoms with Gasteiger partial charge in [-0.25, -0.2) is 9.97 Å². The molecule has 2 aliphatic rings. The number of anilines is 2. The zero-order chi connectivity index (χ0) is 19.3. The number of rotatable bonds is 3. The number of fused-ring (bicyclic) bond motifs is 3. The number of hydrogen-bond donors (Lipinski definition) is 1. The minimum Gasteiger partial charge on any atom is -0.340 e. The van der Waals surface area contributed by atoms with Crippen molar-refractivity contribution in [3.63, 3.8) is 0 Å². The number of carbonyl (C=O) groups is 1. The van der Waals surface area contributed by atoms with E-state index in [1.54, 1.807) is 17.3 Å². The molecule has 0 spiro atoms. The lowest BCUT2D eigenvalue weighted by molar-refractivity contribution is -0.123. The Kier molecular flexibility index (Phi) is 3.72. The van der Waals surface area contributed by atoms with Gasteiger partial charge in [-0.05, 0) is 19.3 Å². The molecule has 0 radical (unpaired) electrons. The van der Waals surface area contributed by atoms with Crippen LogP contribution >= 0.6 is 0 Å². The Labute approximate surface area is 163 Å². The normalized spacial score (nSPS) is 21.0. The van der Waals surface area contributed by atoms with Crippen LogP contribution in [0, 0.1) is 0 Å². The Balaban J connectivity index is 1.65. The first-order chi connectivity index (χ1) is 13.7. The highest BCUT2D eigenvalue weighted by Crippen LogP contribution is 2.46. The average molecular weight is 374 g/mol. The zero-order valence-electron chi connectivity index (χ0n) is 16.0. The van der Waals surface area contributed by atoms with Gasteiger partial charge >= 0.3 is 0 Å². The molecule has 1 saturated heterocycles. The molecule has 0 unspecified atom stereocenters. The van der Waals surface area contributed by atoms with Crippen molar-refractivity contribution in [1.29, 1.82) is 0 Å². The summed E-state index contributed by atoms with van der Waals surface area (Å²) in [5, 5.41) is 7.30. The summed E-state index contributed by atoms with van der Waals surface area (Å²) >= 11 is 0. The molecule has 5 rings (SSSR count). The molecule has 7 heteroatoms. The van der Waals surface area contributed by atoms with Gasteiger partial charge in [-0.2, -0.15) is 5.10 Å². The SMILES string of the molecule is CC[C@@]12CCCN1c1nc(-c3cn[nH]c3-c3ccccc3)ncc1N(C)C2=O. The summed E-state index contributed by atoms with van der Waals surface area (Å²) in [6.45, 7) is 2.93. The number of carbonyl (C=O) groups excluding carboxylic acids is 1. The van der Waals surface area contributed by atoms with Crippen LogP contribution in [-0.4, -0.2) is 45.2 Å². The lowest BCUT2D eigenvalue weighted by atomic mass is 9.89. The van der Waals surface area contributed by atoms with Crippen molar-refractivity contribution in [3.05, 3.63) is 42.7 Å². The summed E-state index contributed by atoms with van der Waals surface area (Å²) in [7, 11) is 1.82. The highest BCUT2D eigenvalue weighted by atomic mass is 16.2. The molecular weight excluding hydrogens is 352 g/mol. The number of hydrogen-bond acceptors (Lipinski definition) is 5. The largest absolute Gasteiger partial charge is 0.340 e. The van der Waals surface area contributed by atoms with Gasteiger partial charge in [0.05, 0.1) is 23.7 Å². The third-order valence-electron chi connectivity index (χ3n) is 6.09. The van der Waals surface area contributed by atoms with E-state index in [1.807, 2.05) is 37.4 Å². The molecule has 0 saturated carbocycles. The molecule has 2 aliphatic heterocycles. The van der Waals surface area contributed by atoms with E-state index in [0.29, 0.717) is 5.82 Å². The predicted molar refractivity (Wildman–Crippen MR) is 108 cm³/mol. The van der Waals surface area contributed by atoms with E-state index >= 15 is 0 Å². The monoisotopic (exact) mass is 374 g/mol. The number of amides is 1. The van der Waals surface area contributed by atoms with Crippen molar-refractivity contribution < 1.29 is 4.79 Å². The van der Waals surface area contributed by atoms with E-state index in [4.69, 9.17) is 4.98 Å². The van der Waals surface area contributed by atoms with Crippen LogP contribution in [0.3, 0.4) is 0 Å². The molecule has 4 heterocycles. The number of aromatic nitrogens is 4. The lowest BCUT2D eigenvalue weighted by Gasteiger charge is -2.45. The molecule has 0 aliphatic carbocycles.